The summed E-state index contributed by atoms with van der Waals surface area (Å²) in [6.07, 6.45) is 0. The normalized spacial score (nSPS) is 11.3. The molecule has 0 aliphatic heterocycles. The van der Waals surface area contributed by atoms with E-state index in [9.17, 15) is 14.7 Å². The monoisotopic (exact) mass is 303 g/mol. The van der Waals surface area contributed by atoms with Crippen LogP contribution >= 0.6 is 0 Å². The quantitative estimate of drug-likeness (QED) is 0.577. The van der Waals surface area contributed by atoms with Gasteiger partial charge < -0.3 is 9.67 Å². The Bertz CT molecular complexity index is 1140. The third kappa shape index (κ3) is 2.07. The van der Waals surface area contributed by atoms with Crippen molar-refractivity contribution in [3.05, 3.63) is 70.9 Å². The van der Waals surface area contributed by atoms with E-state index in [1.54, 1.807) is 22.8 Å². The topological polar surface area (TPSA) is 59.3 Å². The lowest BCUT2D eigenvalue weighted by atomic mass is 10.0. The van der Waals surface area contributed by atoms with Gasteiger partial charge in [0.1, 0.15) is 6.54 Å². The van der Waals surface area contributed by atoms with Crippen molar-refractivity contribution in [1.29, 1.82) is 0 Å². The number of aromatic nitrogens is 1. The van der Waals surface area contributed by atoms with Crippen molar-refractivity contribution in [3.8, 4) is 0 Å². The Morgan fingerprint density at radius 1 is 0.870 bits per heavy atom. The Morgan fingerprint density at radius 2 is 1.52 bits per heavy atom. The molecule has 0 unspecified atom stereocenters. The molecule has 0 radical (unpaired) electrons. The fraction of sp³-hybridized carbons (Fsp3) is 0.0526. The molecule has 112 valence electrons. The second kappa shape index (κ2) is 4.95. The van der Waals surface area contributed by atoms with E-state index in [4.69, 9.17) is 0 Å². The summed E-state index contributed by atoms with van der Waals surface area (Å²) in [6.45, 7) is -0.185. The molecule has 0 atom stereocenters. The van der Waals surface area contributed by atoms with Gasteiger partial charge in [0.2, 0.25) is 0 Å². The van der Waals surface area contributed by atoms with E-state index in [-0.39, 0.29) is 12.0 Å². The number of para-hydroxylation sites is 1. The van der Waals surface area contributed by atoms with Crippen molar-refractivity contribution in [2.75, 3.05) is 0 Å². The number of pyridine rings is 1. The average molecular weight is 303 g/mol. The third-order valence-corrected chi connectivity index (χ3v) is 4.13. The molecule has 0 saturated carbocycles. The molecule has 4 heteroatoms. The van der Waals surface area contributed by atoms with Gasteiger partial charge in [0.25, 0.3) is 0 Å². The fourth-order valence-corrected chi connectivity index (χ4v) is 3.11. The van der Waals surface area contributed by atoms with E-state index in [0.29, 0.717) is 21.8 Å². The van der Waals surface area contributed by atoms with Gasteiger partial charge in [-0.1, -0.05) is 36.4 Å². The molecule has 4 aromatic rings. The first-order valence-corrected chi connectivity index (χ1v) is 7.31. The van der Waals surface area contributed by atoms with Crippen molar-refractivity contribution in [2.45, 2.75) is 6.54 Å². The summed E-state index contributed by atoms with van der Waals surface area (Å²) >= 11 is 0. The van der Waals surface area contributed by atoms with Gasteiger partial charge >= 0.3 is 5.97 Å². The van der Waals surface area contributed by atoms with E-state index in [1.165, 1.54) is 0 Å². The van der Waals surface area contributed by atoms with Gasteiger partial charge in [-0.2, -0.15) is 0 Å². The first kappa shape index (κ1) is 13.5. The Balaban J connectivity index is 2.27. The predicted molar refractivity (Wildman–Crippen MR) is 90.9 cm³/mol. The molecule has 4 nitrogen and oxygen atoms in total. The molecule has 1 aromatic heterocycles. The molecular weight excluding hydrogens is 290 g/mol. The maximum atomic E-state index is 12.8. The minimum atomic E-state index is -0.937. The van der Waals surface area contributed by atoms with Crippen molar-refractivity contribution in [3.63, 3.8) is 0 Å². The molecule has 0 bridgehead atoms. The molecule has 0 aliphatic rings. The minimum absolute atomic E-state index is 0.0667. The van der Waals surface area contributed by atoms with Gasteiger partial charge in [-0.3, -0.25) is 9.59 Å². The molecule has 0 aliphatic carbocycles. The predicted octanol–water partition coefficient (Wildman–Crippen LogP) is 3.39. The second-order valence-electron chi connectivity index (χ2n) is 5.54. The molecule has 4 rings (SSSR count). The number of fused-ring (bicyclic) bond motifs is 3. The Kier molecular flexibility index (Phi) is 2.91. The Morgan fingerprint density at radius 3 is 2.26 bits per heavy atom. The zero-order valence-electron chi connectivity index (χ0n) is 12.2. The molecule has 0 saturated heterocycles. The summed E-state index contributed by atoms with van der Waals surface area (Å²) in [5.74, 6) is -0.937. The van der Waals surface area contributed by atoms with E-state index in [0.717, 1.165) is 10.8 Å². The largest absolute Gasteiger partial charge is 0.480 e. The summed E-state index contributed by atoms with van der Waals surface area (Å²) in [6, 6.07) is 18.6. The number of benzene rings is 3. The van der Waals surface area contributed by atoms with Gasteiger partial charge in [0.05, 0.1) is 11.0 Å². The van der Waals surface area contributed by atoms with Crippen LogP contribution in [0.4, 0.5) is 0 Å². The summed E-state index contributed by atoms with van der Waals surface area (Å²) in [7, 11) is 0. The molecule has 0 spiro atoms. The number of hydrogen-bond donors (Lipinski definition) is 1. The summed E-state index contributed by atoms with van der Waals surface area (Å²) in [4.78, 5) is 24.1. The van der Waals surface area contributed by atoms with Crippen LogP contribution in [-0.2, 0) is 11.3 Å². The molecule has 0 amide bonds. The maximum Gasteiger partial charge on any atom is 0.323 e. The highest BCUT2D eigenvalue weighted by atomic mass is 16.4. The summed E-state index contributed by atoms with van der Waals surface area (Å²) < 4.78 is 1.70. The van der Waals surface area contributed by atoms with Crippen LogP contribution in [-0.4, -0.2) is 15.6 Å². The molecule has 0 fully saturated rings. The first-order chi connectivity index (χ1) is 11.1. The molecule has 1 heterocycles. The number of carbonyl (C=O) groups is 1. The van der Waals surface area contributed by atoms with Crippen LogP contribution in [0.15, 0.2) is 65.5 Å². The summed E-state index contributed by atoms with van der Waals surface area (Å²) in [5.41, 5.74) is 1.22. The van der Waals surface area contributed by atoms with Crippen molar-refractivity contribution in [2.24, 2.45) is 0 Å². The number of rotatable bonds is 2. The smallest absolute Gasteiger partial charge is 0.323 e. The number of carboxylic acids is 1. The highest BCUT2D eigenvalue weighted by Gasteiger charge is 2.13. The van der Waals surface area contributed by atoms with Crippen LogP contribution in [0.3, 0.4) is 0 Å². The summed E-state index contributed by atoms with van der Waals surface area (Å²) in [5, 5.41) is 12.3. The molecule has 23 heavy (non-hydrogen) atoms. The number of nitrogens with zero attached hydrogens (tertiary/aromatic N) is 1. The lowest BCUT2D eigenvalue weighted by Crippen LogP contribution is -2.15. The number of aliphatic carboxylic acids is 1. The van der Waals surface area contributed by atoms with Crippen LogP contribution in [0.5, 0.6) is 0 Å². The molecular formula is C19H13NO3. The standard InChI is InChI=1S/C19H13NO3/c21-18(22)11-20-16-8-4-3-7-14(16)19(23)15-9-12-5-1-2-6-13(12)10-17(15)20/h1-10H,11H2,(H,21,22). The molecule has 1 N–H and O–H groups in total. The van der Waals surface area contributed by atoms with Crippen molar-refractivity contribution < 1.29 is 9.90 Å². The van der Waals surface area contributed by atoms with Gasteiger partial charge in [0.15, 0.2) is 5.43 Å². The van der Waals surface area contributed by atoms with Crippen LogP contribution in [0, 0.1) is 0 Å². The zero-order valence-corrected chi connectivity index (χ0v) is 12.2. The minimum Gasteiger partial charge on any atom is -0.480 e. The van der Waals surface area contributed by atoms with Gasteiger partial charge in [-0.25, -0.2) is 0 Å². The average Bonchev–Trinajstić information content (AvgIpc) is 2.57. The van der Waals surface area contributed by atoms with Crippen LogP contribution in [0.25, 0.3) is 32.6 Å². The van der Waals surface area contributed by atoms with E-state index in [1.807, 2.05) is 42.5 Å². The molecule has 3 aromatic carbocycles. The fourth-order valence-electron chi connectivity index (χ4n) is 3.11. The first-order valence-electron chi connectivity index (χ1n) is 7.31. The lowest BCUT2D eigenvalue weighted by Gasteiger charge is -2.14. The Hall–Kier alpha value is -3.14. The van der Waals surface area contributed by atoms with Gasteiger partial charge in [0, 0.05) is 10.8 Å². The third-order valence-electron chi connectivity index (χ3n) is 4.13. The Labute approximate surface area is 131 Å². The van der Waals surface area contributed by atoms with Gasteiger partial charge in [-0.05, 0) is 35.0 Å². The van der Waals surface area contributed by atoms with Crippen molar-refractivity contribution in [1.82, 2.24) is 4.57 Å². The van der Waals surface area contributed by atoms with E-state index >= 15 is 0 Å². The van der Waals surface area contributed by atoms with Crippen LogP contribution in [0.2, 0.25) is 0 Å². The van der Waals surface area contributed by atoms with E-state index < -0.39 is 5.97 Å². The SMILES string of the molecule is O=C(O)Cn1c2ccccc2c(=O)c2cc3ccccc3cc21. The van der Waals surface area contributed by atoms with E-state index in [2.05, 4.69) is 0 Å². The second-order valence-corrected chi connectivity index (χ2v) is 5.54. The number of hydrogen-bond acceptors (Lipinski definition) is 2. The zero-order chi connectivity index (χ0) is 16.0. The maximum absolute atomic E-state index is 12.8. The lowest BCUT2D eigenvalue weighted by molar-refractivity contribution is -0.137. The van der Waals surface area contributed by atoms with Crippen molar-refractivity contribution >= 4 is 38.5 Å². The highest BCUT2D eigenvalue weighted by Crippen LogP contribution is 2.24. The van der Waals surface area contributed by atoms with Crippen LogP contribution in [0.1, 0.15) is 0 Å². The van der Waals surface area contributed by atoms with Gasteiger partial charge in [-0.15, -0.1) is 0 Å². The number of carboxylic acid groups (broad SMARTS) is 1. The van der Waals surface area contributed by atoms with Crippen LogP contribution < -0.4 is 5.43 Å². The highest BCUT2D eigenvalue weighted by molar-refractivity contribution is 6.02.